The number of carbonyl (C=O) groups excluding carboxylic acids is 1. The summed E-state index contributed by atoms with van der Waals surface area (Å²) in [4.78, 5) is 11.3. The van der Waals surface area contributed by atoms with E-state index < -0.39 is 0 Å². The van der Waals surface area contributed by atoms with Crippen molar-refractivity contribution < 1.29 is 9.53 Å². The maximum Gasteiger partial charge on any atom is 0.322 e. The Hall–Kier alpha value is -0.570. The van der Waals surface area contributed by atoms with E-state index in [-0.39, 0.29) is 12.0 Å². The molecule has 3 nitrogen and oxygen atoms in total. The minimum Gasteiger partial charge on any atom is -0.465 e. The van der Waals surface area contributed by atoms with Gasteiger partial charge in [0.2, 0.25) is 0 Å². The highest BCUT2D eigenvalue weighted by atomic mass is 16.5. The van der Waals surface area contributed by atoms with Gasteiger partial charge in [0.05, 0.1) is 6.61 Å². The van der Waals surface area contributed by atoms with Gasteiger partial charge in [0.1, 0.15) is 6.04 Å². The molecule has 0 bridgehead atoms. The number of hydrogen-bond acceptors (Lipinski definition) is 3. The molecule has 88 valence electrons. The lowest BCUT2D eigenvalue weighted by Crippen LogP contribution is -2.38. The summed E-state index contributed by atoms with van der Waals surface area (Å²) in [6.45, 7) is 5.14. The number of carbonyl (C=O) groups is 1. The van der Waals surface area contributed by atoms with Crippen LogP contribution in [-0.2, 0) is 9.53 Å². The van der Waals surface area contributed by atoms with Crippen molar-refractivity contribution in [2.75, 3.05) is 13.2 Å². The maximum atomic E-state index is 11.3. The molecule has 1 N–H and O–H groups in total. The smallest absolute Gasteiger partial charge is 0.322 e. The zero-order valence-corrected chi connectivity index (χ0v) is 9.92. The molecule has 0 aromatic carbocycles. The Labute approximate surface area is 92.6 Å². The largest absolute Gasteiger partial charge is 0.465 e. The SMILES string of the molecule is CCOC(=O)C(C)NCC1CCCCC1. The van der Waals surface area contributed by atoms with Crippen molar-refractivity contribution in [2.24, 2.45) is 5.92 Å². The van der Waals surface area contributed by atoms with E-state index in [1.165, 1.54) is 32.1 Å². The molecule has 1 aliphatic rings. The lowest BCUT2D eigenvalue weighted by molar-refractivity contribution is -0.145. The fraction of sp³-hybridized carbons (Fsp3) is 0.917. The number of hydrogen-bond donors (Lipinski definition) is 1. The Morgan fingerprint density at radius 1 is 1.40 bits per heavy atom. The molecule has 1 fully saturated rings. The topological polar surface area (TPSA) is 38.3 Å². The quantitative estimate of drug-likeness (QED) is 0.711. The summed E-state index contributed by atoms with van der Waals surface area (Å²) >= 11 is 0. The molecule has 0 spiro atoms. The molecule has 1 unspecified atom stereocenters. The first-order valence-corrected chi connectivity index (χ1v) is 6.14. The van der Waals surface area contributed by atoms with Crippen LogP contribution in [0.3, 0.4) is 0 Å². The van der Waals surface area contributed by atoms with Crippen molar-refractivity contribution in [3.63, 3.8) is 0 Å². The third-order valence-electron chi connectivity index (χ3n) is 3.08. The standard InChI is InChI=1S/C12H23NO2/c1-3-15-12(14)10(2)13-9-11-7-5-4-6-8-11/h10-11,13H,3-9H2,1-2H3. The van der Waals surface area contributed by atoms with E-state index >= 15 is 0 Å². The fourth-order valence-electron chi connectivity index (χ4n) is 2.09. The fourth-order valence-corrected chi connectivity index (χ4v) is 2.09. The molecule has 0 amide bonds. The Morgan fingerprint density at radius 2 is 2.07 bits per heavy atom. The first-order chi connectivity index (χ1) is 7.24. The number of rotatable bonds is 5. The van der Waals surface area contributed by atoms with E-state index in [1.807, 2.05) is 13.8 Å². The van der Waals surface area contributed by atoms with E-state index in [2.05, 4.69) is 5.32 Å². The van der Waals surface area contributed by atoms with Crippen LogP contribution in [0, 0.1) is 5.92 Å². The number of ether oxygens (including phenoxy) is 1. The zero-order chi connectivity index (χ0) is 11.1. The molecule has 0 aliphatic heterocycles. The molecule has 0 aromatic heterocycles. The monoisotopic (exact) mass is 213 g/mol. The highest BCUT2D eigenvalue weighted by Gasteiger charge is 2.17. The average Bonchev–Trinajstić information content (AvgIpc) is 2.27. The van der Waals surface area contributed by atoms with Gasteiger partial charge in [-0.15, -0.1) is 0 Å². The molecule has 0 radical (unpaired) electrons. The first kappa shape index (κ1) is 12.5. The second kappa shape index (κ2) is 6.83. The Morgan fingerprint density at radius 3 is 2.67 bits per heavy atom. The van der Waals surface area contributed by atoms with Gasteiger partial charge in [-0.2, -0.15) is 0 Å². The molecule has 0 saturated heterocycles. The van der Waals surface area contributed by atoms with Crippen LogP contribution in [0.5, 0.6) is 0 Å². The number of nitrogens with one attached hydrogen (secondary N) is 1. The summed E-state index contributed by atoms with van der Waals surface area (Å²) in [5, 5.41) is 3.26. The van der Waals surface area contributed by atoms with Crippen LogP contribution in [0.2, 0.25) is 0 Å². The Balaban J connectivity index is 2.14. The lowest BCUT2D eigenvalue weighted by atomic mass is 9.89. The molecular weight excluding hydrogens is 190 g/mol. The summed E-state index contributed by atoms with van der Waals surface area (Å²) in [6.07, 6.45) is 6.69. The van der Waals surface area contributed by atoms with Gasteiger partial charge in [0.15, 0.2) is 0 Å². The molecule has 0 aromatic rings. The molecular formula is C12H23NO2. The van der Waals surface area contributed by atoms with Crippen molar-refractivity contribution in [2.45, 2.75) is 52.0 Å². The maximum absolute atomic E-state index is 11.3. The normalized spacial score (nSPS) is 19.9. The third kappa shape index (κ3) is 4.65. The Kier molecular flexibility index (Phi) is 5.69. The molecule has 3 heteroatoms. The minimum atomic E-state index is -0.160. The first-order valence-electron chi connectivity index (χ1n) is 6.14. The second-order valence-electron chi connectivity index (χ2n) is 4.39. The van der Waals surface area contributed by atoms with E-state index in [0.29, 0.717) is 6.61 Å². The van der Waals surface area contributed by atoms with Crippen LogP contribution in [-0.4, -0.2) is 25.2 Å². The zero-order valence-electron chi connectivity index (χ0n) is 9.92. The van der Waals surface area contributed by atoms with Crippen LogP contribution in [0.15, 0.2) is 0 Å². The van der Waals surface area contributed by atoms with Crippen molar-refractivity contribution in [1.29, 1.82) is 0 Å². The third-order valence-corrected chi connectivity index (χ3v) is 3.08. The second-order valence-corrected chi connectivity index (χ2v) is 4.39. The lowest BCUT2D eigenvalue weighted by Gasteiger charge is -2.23. The number of esters is 1. The molecule has 0 heterocycles. The van der Waals surface area contributed by atoms with Crippen LogP contribution in [0.1, 0.15) is 46.0 Å². The molecule has 15 heavy (non-hydrogen) atoms. The summed E-state index contributed by atoms with van der Waals surface area (Å²) in [7, 11) is 0. The van der Waals surface area contributed by atoms with Crippen molar-refractivity contribution in [3.8, 4) is 0 Å². The van der Waals surface area contributed by atoms with E-state index in [9.17, 15) is 4.79 Å². The van der Waals surface area contributed by atoms with Crippen molar-refractivity contribution >= 4 is 5.97 Å². The predicted octanol–water partition coefficient (Wildman–Crippen LogP) is 2.11. The minimum absolute atomic E-state index is 0.131. The summed E-state index contributed by atoms with van der Waals surface area (Å²) < 4.78 is 4.94. The molecule has 1 atom stereocenters. The molecule has 1 saturated carbocycles. The van der Waals surface area contributed by atoms with Crippen LogP contribution in [0.25, 0.3) is 0 Å². The van der Waals surface area contributed by atoms with Gasteiger partial charge in [0, 0.05) is 0 Å². The summed E-state index contributed by atoms with van der Waals surface area (Å²) in [6, 6.07) is -0.160. The van der Waals surface area contributed by atoms with Gasteiger partial charge in [-0.25, -0.2) is 0 Å². The van der Waals surface area contributed by atoms with Crippen molar-refractivity contribution in [1.82, 2.24) is 5.32 Å². The van der Waals surface area contributed by atoms with Gasteiger partial charge in [-0.1, -0.05) is 19.3 Å². The molecule has 1 rings (SSSR count). The van der Waals surface area contributed by atoms with E-state index in [4.69, 9.17) is 4.74 Å². The van der Waals surface area contributed by atoms with Gasteiger partial charge in [0.25, 0.3) is 0 Å². The predicted molar refractivity (Wildman–Crippen MR) is 60.7 cm³/mol. The Bertz CT molecular complexity index is 188. The average molecular weight is 213 g/mol. The highest BCUT2D eigenvalue weighted by molar-refractivity contribution is 5.75. The van der Waals surface area contributed by atoms with Gasteiger partial charge in [-0.05, 0) is 39.2 Å². The van der Waals surface area contributed by atoms with Gasteiger partial charge in [-0.3, -0.25) is 4.79 Å². The molecule has 1 aliphatic carbocycles. The highest BCUT2D eigenvalue weighted by Crippen LogP contribution is 2.22. The van der Waals surface area contributed by atoms with Crippen LogP contribution >= 0.6 is 0 Å². The van der Waals surface area contributed by atoms with Gasteiger partial charge >= 0.3 is 5.97 Å². The van der Waals surface area contributed by atoms with Gasteiger partial charge < -0.3 is 10.1 Å². The van der Waals surface area contributed by atoms with Crippen LogP contribution < -0.4 is 5.32 Å². The van der Waals surface area contributed by atoms with E-state index in [0.717, 1.165) is 12.5 Å². The van der Waals surface area contributed by atoms with E-state index in [1.54, 1.807) is 0 Å². The summed E-state index contributed by atoms with van der Waals surface area (Å²) in [5.41, 5.74) is 0. The summed E-state index contributed by atoms with van der Waals surface area (Å²) in [5.74, 6) is 0.629. The van der Waals surface area contributed by atoms with Crippen molar-refractivity contribution in [3.05, 3.63) is 0 Å². The van der Waals surface area contributed by atoms with Crippen LogP contribution in [0.4, 0.5) is 0 Å².